The minimum Gasteiger partial charge on any atom is -0.465 e. The van der Waals surface area contributed by atoms with Crippen LogP contribution in [0.5, 0.6) is 0 Å². The molecule has 0 atom stereocenters. The number of carbonyl (C=O) groups excluding carboxylic acids is 2. The summed E-state index contributed by atoms with van der Waals surface area (Å²) in [5.41, 5.74) is -6.68. The predicted molar refractivity (Wildman–Crippen MR) is 78.3 cm³/mol. The van der Waals surface area contributed by atoms with Crippen LogP contribution in [-0.2, 0) is 21.0 Å². The van der Waals surface area contributed by atoms with Crippen LogP contribution in [0.4, 0.5) is 27.6 Å². The molecule has 0 radical (unpaired) electrons. The molecule has 1 aliphatic rings. The Kier molecular flexibility index (Phi) is 5.31. The van der Waals surface area contributed by atoms with Gasteiger partial charge in [-0.2, -0.15) is 22.0 Å². The molecular formula is C14H12ClF5N2O4. The number of esters is 2. The Bertz CT molecular complexity index is 692. The third-order valence-corrected chi connectivity index (χ3v) is 3.62. The number of pyridine rings is 1. The summed E-state index contributed by atoms with van der Waals surface area (Å²) in [6, 6.07) is -0.415. The first-order chi connectivity index (χ1) is 11.9. The van der Waals surface area contributed by atoms with Crippen LogP contribution in [-0.4, -0.2) is 37.2 Å². The standard InChI is InChI=1S/C14H12ClF5N2O4/c1-25-11(23)6-8(21-5-3-4-5)7(12(24)26-2)10(14(18,19)20)22-9(6)13(15,16)17/h5H,3-4H2,1-2H3,(H,21,22). The van der Waals surface area contributed by atoms with Crippen molar-refractivity contribution in [3.05, 3.63) is 22.5 Å². The van der Waals surface area contributed by atoms with Crippen LogP contribution in [0, 0.1) is 0 Å². The number of ether oxygens (including phenoxy) is 2. The highest BCUT2D eigenvalue weighted by Crippen LogP contribution is 2.44. The number of hydrogen-bond donors (Lipinski definition) is 1. The van der Waals surface area contributed by atoms with Gasteiger partial charge in [0.1, 0.15) is 16.8 Å². The summed E-state index contributed by atoms with van der Waals surface area (Å²) >= 11 is 4.86. The van der Waals surface area contributed by atoms with Crippen molar-refractivity contribution >= 4 is 29.2 Å². The minimum atomic E-state index is -5.30. The van der Waals surface area contributed by atoms with E-state index in [-0.39, 0.29) is 0 Å². The molecule has 26 heavy (non-hydrogen) atoms. The topological polar surface area (TPSA) is 77.5 Å². The fraction of sp³-hybridized carbons (Fsp3) is 0.500. The zero-order valence-corrected chi connectivity index (χ0v) is 14.1. The number of alkyl halides is 6. The van der Waals surface area contributed by atoms with E-state index >= 15 is 0 Å². The predicted octanol–water partition coefficient (Wildman–Crippen LogP) is 3.54. The molecule has 2 rings (SSSR count). The maximum absolute atomic E-state index is 13.7. The van der Waals surface area contributed by atoms with Gasteiger partial charge in [-0.1, -0.05) is 0 Å². The van der Waals surface area contributed by atoms with Gasteiger partial charge in [0.15, 0.2) is 5.69 Å². The van der Waals surface area contributed by atoms with Crippen molar-refractivity contribution in [3.63, 3.8) is 0 Å². The van der Waals surface area contributed by atoms with Crippen LogP contribution < -0.4 is 5.32 Å². The van der Waals surface area contributed by atoms with Crippen LogP contribution in [0.3, 0.4) is 0 Å². The number of aromatic nitrogens is 1. The number of anilines is 1. The first-order valence-corrected chi connectivity index (χ1v) is 7.45. The zero-order chi connectivity index (χ0) is 19.9. The second-order valence-electron chi connectivity index (χ2n) is 5.33. The van der Waals surface area contributed by atoms with Gasteiger partial charge < -0.3 is 14.8 Å². The van der Waals surface area contributed by atoms with E-state index in [9.17, 15) is 31.5 Å². The van der Waals surface area contributed by atoms with E-state index in [2.05, 4.69) is 19.8 Å². The molecule has 12 heteroatoms. The van der Waals surface area contributed by atoms with Crippen LogP contribution in [0.2, 0.25) is 0 Å². The van der Waals surface area contributed by atoms with Gasteiger partial charge >= 0.3 is 23.5 Å². The first kappa shape index (κ1) is 20.1. The molecule has 144 valence electrons. The molecule has 0 unspecified atom stereocenters. The van der Waals surface area contributed by atoms with Crippen molar-refractivity contribution < 1.29 is 41.0 Å². The maximum Gasteiger partial charge on any atom is 0.434 e. The first-order valence-electron chi connectivity index (χ1n) is 7.07. The highest BCUT2D eigenvalue weighted by atomic mass is 35.5. The van der Waals surface area contributed by atoms with Crippen molar-refractivity contribution in [2.24, 2.45) is 0 Å². The molecule has 1 heterocycles. The van der Waals surface area contributed by atoms with E-state index in [0.29, 0.717) is 12.8 Å². The lowest BCUT2D eigenvalue weighted by molar-refractivity contribution is -0.142. The minimum absolute atomic E-state index is 0.415. The Balaban J connectivity index is 2.95. The van der Waals surface area contributed by atoms with Crippen molar-refractivity contribution in [2.75, 3.05) is 19.5 Å². The lowest BCUT2D eigenvalue weighted by Crippen LogP contribution is -2.27. The monoisotopic (exact) mass is 402 g/mol. The molecule has 1 aliphatic carbocycles. The molecule has 1 aromatic rings. The maximum atomic E-state index is 13.7. The summed E-state index contributed by atoms with van der Waals surface area (Å²) < 4.78 is 76.2. The number of halogens is 6. The van der Waals surface area contributed by atoms with Gasteiger partial charge in [-0.3, -0.25) is 0 Å². The van der Waals surface area contributed by atoms with Gasteiger partial charge in [0.05, 0.1) is 19.9 Å². The highest BCUT2D eigenvalue weighted by Gasteiger charge is 2.47. The lowest BCUT2D eigenvalue weighted by Gasteiger charge is -2.22. The normalized spacial score (nSPS) is 14.8. The highest BCUT2D eigenvalue weighted by molar-refractivity contribution is 6.22. The van der Waals surface area contributed by atoms with Gasteiger partial charge in [-0.05, 0) is 24.4 Å². The third kappa shape index (κ3) is 3.97. The third-order valence-electron chi connectivity index (χ3n) is 3.44. The number of nitrogens with zero attached hydrogens (tertiary/aromatic N) is 1. The van der Waals surface area contributed by atoms with Crippen LogP contribution in [0.25, 0.3) is 0 Å². The molecule has 0 aromatic carbocycles. The molecule has 0 amide bonds. The average Bonchev–Trinajstić information content (AvgIpc) is 3.34. The molecule has 0 spiro atoms. The molecule has 0 bridgehead atoms. The van der Waals surface area contributed by atoms with Gasteiger partial charge in [0.2, 0.25) is 0 Å². The van der Waals surface area contributed by atoms with E-state index in [0.717, 1.165) is 14.2 Å². The molecule has 1 fully saturated rings. The van der Waals surface area contributed by atoms with Crippen molar-refractivity contribution in [2.45, 2.75) is 30.4 Å². The number of methoxy groups -OCH3 is 2. The molecule has 1 saturated carbocycles. The SMILES string of the molecule is COC(=O)c1c(C(F)(F)F)nc(C(F)(F)Cl)c(C(=O)OC)c1NC1CC1. The zero-order valence-electron chi connectivity index (χ0n) is 13.3. The number of hydrogen-bond acceptors (Lipinski definition) is 6. The van der Waals surface area contributed by atoms with Crippen LogP contribution in [0.1, 0.15) is 44.9 Å². The molecule has 0 aliphatic heterocycles. The summed E-state index contributed by atoms with van der Waals surface area (Å²) in [6.45, 7) is 0. The summed E-state index contributed by atoms with van der Waals surface area (Å²) in [6.07, 6.45) is -4.30. The smallest absolute Gasteiger partial charge is 0.434 e. The fourth-order valence-corrected chi connectivity index (χ4v) is 2.31. The Morgan fingerprint density at radius 3 is 1.85 bits per heavy atom. The van der Waals surface area contributed by atoms with E-state index in [1.165, 1.54) is 0 Å². The number of nitrogens with one attached hydrogen (secondary N) is 1. The van der Waals surface area contributed by atoms with Crippen LogP contribution >= 0.6 is 11.6 Å². The second-order valence-corrected chi connectivity index (χ2v) is 5.81. The van der Waals surface area contributed by atoms with Crippen molar-refractivity contribution in [1.29, 1.82) is 0 Å². The molecule has 0 saturated heterocycles. The van der Waals surface area contributed by atoms with E-state index in [1.807, 2.05) is 0 Å². The number of rotatable bonds is 5. The van der Waals surface area contributed by atoms with Gasteiger partial charge in [-0.25, -0.2) is 14.6 Å². The number of carbonyl (C=O) groups is 2. The van der Waals surface area contributed by atoms with Gasteiger partial charge in [-0.15, -0.1) is 0 Å². The Labute approximate surface area is 148 Å². The van der Waals surface area contributed by atoms with Crippen LogP contribution in [0.15, 0.2) is 0 Å². The Hall–Kier alpha value is -2.17. The average molecular weight is 403 g/mol. The Morgan fingerprint density at radius 2 is 1.50 bits per heavy atom. The molecule has 6 nitrogen and oxygen atoms in total. The van der Waals surface area contributed by atoms with Gasteiger partial charge in [0.25, 0.3) is 0 Å². The van der Waals surface area contributed by atoms with E-state index < -0.39 is 57.7 Å². The molecule has 1 N–H and O–H groups in total. The summed E-state index contributed by atoms with van der Waals surface area (Å²) in [7, 11) is 1.63. The Morgan fingerprint density at radius 1 is 1.04 bits per heavy atom. The summed E-state index contributed by atoms with van der Waals surface area (Å²) in [5.74, 6) is -2.95. The van der Waals surface area contributed by atoms with Crippen molar-refractivity contribution in [3.8, 4) is 0 Å². The van der Waals surface area contributed by atoms with E-state index in [4.69, 9.17) is 11.6 Å². The second kappa shape index (κ2) is 6.86. The van der Waals surface area contributed by atoms with Crippen molar-refractivity contribution in [1.82, 2.24) is 4.98 Å². The lowest BCUT2D eigenvalue weighted by atomic mass is 10.0. The molecule has 1 aromatic heterocycles. The van der Waals surface area contributed by atoms with Gasteiger partial charge in [0, 0.05) is 6.04 Å². The largest absolute Gasteiger partial charge is 0.465 e. The quantitative estimate of drug-likeness (QED) is 0.461. The van der Waals surface area contributed by atoms with E-state index in [1.54, 1.807) is 0 Å². The summed E-state index contributed by atoms with van der Waals surface area (Å²) in [5, 5.41) is -1.96. The summed E-state index contributed by atoms with van der Waals surface area (Å²) in [4.78, 5) is 26.7. The fourth-order valence-electron chi connectivity index (χ4n) is 2.17. The molecular weight excluding hydrogens is 391 g/mol.